The highest BCUT2D eigenvalue weighted by atomic mass is 16.5. The molecule has 5 nitrogen and oxygen atoms in total. The Hall–Kier alpha value is -1.20. The summed E-state index contributed by atoms with van der Waals surface area (Å²) in [6, 6.07) is 0. The second-order valence-corrected chi connectivity index (χ2v) is 5.33. The molecule has 0 aromatic carbocycles. The van der Waals surface area contributed by atoms with E-state index < -0.39 is 0 Å². The molecule has 0 bridgehead atoms. The van der Waals surface area contributed by atoms with Gasteiger partial charge in [0.1, 0.15) is 11.6 Å². The van der Waals surface area contributed by atoms with Gasteiger partial charge in [0.2, 0.25) is 0 Å². The van der Waals surface area contributed by atoms with Crippen molar-refractivity contribution in [3.63, 3.8) is 0 Å². The molecule has 100 valence electrons. The van der Waals surface area contributed by atoms with Gasteiger partial charge in [-0.1, -0.05) is 0 Å². The molecular weight excluding hydrogens is 228 g/mol. The Morgan fingerprint density at radius 3 is 2.94 bits per heavy atom. The third kappa shape index (κ3) is 2.97. The summed E-state index contributed by atoms with van der Waals surface area (Å²) < 4.78 is 5.75. The molecule has 1 aliphatic rings. The Morgan fingerprint density at radius 1 is 1.50 bits per heavy atom. The molecule has 0 aliphatic carbocycles. The summed E-state index contributed by atoms with van der Waals surface area (Å²) in [6.45, 7) is 9.44. The molecule has 0 amide bonds. The standard InChI is InChI=1S/C13H22N4O/c1-10-15-8-11(7-14-4)12(16-10)17-5-6-18-13(2,3)9-17/h8,14H,5-7,9H2,1-4H3. The molecule has 2 heterocycles. The van der Waals surface area contributed by atoms with Crippen LogP contribution < -0.4 is 10.2 Å². The lowest BCUT2D eigenvalue weighted by atomic mass is 10.1. The maximum Gasteiger partial charge on any atom is 0.136 e. The van der Waals surface area contributed by atoms with E-state index in [0.29, 0.717) is 0 Å². The van der Waals surface area contributed by atoms with Gasteiger partial charge in [0.25, 0.3) is 0 Å². The SMILES string of the molecule is CNCc1cnc(C)nc1N1CCOC(C)(C)C1. The van der Waals surface area contributed by atoms with Crippen molar-refractivity contribution in [2.75, 3.05) is 31.6 Å². The highest BCUT2D eigenvalue weighted by Gasteiger charge is 2.29. The number of aromatic nitrogens is 2. The molecule has 1 fully saturated rings. The maximum absolute atomic E-state index is 5.75. The van der Waals surface area contributed by atoms with Crippen LogP contribution in [-0.2, 0) is 11.3 Å². The lowest BCUT2D eigenvalue weighted by Crippen LogP contribution is -2.49. The molecule has 0 atom stereocenters. The van der Waals surface area contributed by atoms with Crippen molar-refractivity contribution in [2.45, 2.75) is 32.9 Å². The first-order chi connectivity index (χ1) is 8.52. The molecule has 2 rings (SSSR count). The van der Waals surface area contributed by atoms with E-state index in [1.54, 1.807) is 0 Å². The maximum atomic E-state index is 5.75. The van der Waals surface area contributed by atoms with Crippen molar-refractivity contribution >= 4 is 5.82 Å². The van der Waals surface area contributed by atoms with Gasteiger partial charge in [-0.3, -0.25) is 0 Å². The number of ether oxygens (including phenoxy) is 1. The van der Waals surface area contributed by atoms with Crippen LogP contribution in [0.5, 0.6) is 0 Å². The fraction of sp³-hybridized carbons (Fsp3) is 0.692. The fourth-order valence-electron chi connectivity index (χ4n) is 2.27. The van der Waals surface area contributed by atoms with E-state index in [-0.39, 0.29) is 5.60 Å². The largest absolute Gasteiger partial charge is 0.372 e. The van der Waals surface area contributed by atoms with E-state index in [9.17, 15) is 0 Å². The average molecular weight is 250 g/mol. The van der Waals surface area contributed by atoms with Crippen LogP contribution in [0, 0.1) is 6.92 Å². The van der Waals surface area contributed by atoms with Crippen LogP contribution in [0.1, 0.15) is 25.2 Å². The van der Waals surface area contributed by atoms with E-state index in [2.05, 4.69) is 34.0 Å². The Bertz CT molecular complexity index is 419. The van der Waals surface area contributed by atoms with E-state index >= 15 is 0 Å². The minimum atomic E-state index is -0.117. The van der Waals surface area contributed by atoms with E-state index in [0.717, 1.165) is 43.4 Å². The Balaban J connectivity index is 2.28. The highest BCUT2D eigenvalue weighted by Crippen LogP contribution is 2.24. The summed E-state index contributed by atoms with van der Waals surface area (Å²) in [7, 11) is 1.94. The normalized spacial score (nSPS) is 19.0. The molecule has 1 aromatic heterocycles. The number of morpholine rings is 1. The Labute approximate surface area is 109 Å². The van der Waals surface area contributed by atoms with Crippen molar-refractivity contribution in [1.82, 2.24) is 15.3 Å². The molecule has 1 N–H and O–H groups in total. The van der Waals surface area contributed by atoms with Crippen molar-refractivity contribution in [3.8, 4) is 0 Å². The second kappa shape index (κ2) is 5.20. The van der Waals surface area contributed by atoms with Crippen LogP contribution >= 0.6 is 0 Å². The molecule has 1 aromatic rings. The lowest BCUT2D eigenvalue weighted by Gasteiger charge is -2.39. The number of hydrogen-bond acceptors (Lipinski definition) is 5. The second-order valence-electron chi connectivity index (χ2n) is 5.33. The number of hydrogen-bond donors (Lipinski definition) is 1. The Kier molecular flexibility index (Phi) is 3.82. The van der Waals surface area contributed by atoms with E-state index in [1.165, 1.54) is 0 Å². The molecule has 1 aliphatic heterocycles. The van der Waals surface area contributed by atoms with Gasteiger partial charge in [-0.05, 0) is 27.8 Å². The van der Waals surface area contributed by atoms with Crippen LogP contribution in [0.25, 0.3) is 0 Å². The smallest absolute Gasteiger partial charge is 0.136 e. The average Bonchev–Trinajstić information content (AvgIpc) is 2.30. The zero-order chi connectivity index (χ0) is 13.2. The summed E-state index contributed by atoms with van der Waals surface area (Å²) in [5, 5.41) is 3.17. The van der Waals surface area contributed by atoms with Crippen LogP contribution in [-0.4, -0.2) is 42.3 Å². The topological polar surface area (TPSA) is 50.3 Å². The van der Waals surface area contributed by atoms with Gasteiger partial charge in [-0.15, -0.1) is 0 Å². The predicted octanol–water partition coefficient (Wildman–Crippen LogP) is 1.12. The first kappa shape index (κ1) is 13.2. The van der Waals surface area contributed by atoms with Crippen LogP contribution in [0.4, 0.5) is 5.82 Å². The van der Waals surface area contributed by atoms with Gasteiger partial charge < -0.3 is 15.0 Å². The monoisotopic (exact) mass is 250 g/mol. The quantitative estimate of drug-likeness (QED) is 0.871. The predicted molar refractivity (Wildman–Crippen MR) is 71.8 cm³/mol. The molecule has 0 radical (unpaired) electrons. The molecule has 18 heavy (non-hydrogen) atoms. The lowest BCUT2D eigenvalue weighted by molar-refractivity contribution is -0.0279. The summed E-state index contributed by atoms with van der Waals surface area (Å²) >= 11 is 0. The third-order valence-corrected chi connectivity index (χ3v) is 3.05. The first-order valence-electron chi connectivity index (χ1n) is 6.38. The fourth-order valence-corrected chi connectivity index (χ4v) is 2.27. The summed E-state index contributed by atoms with van der Waals surface area (Å²) in [4.78, 5) is 11.2. The number of nitrogens with zero attached hydrogens (tertiary/aromatic N) is 3. The summed E-state index contributed by atoms with van der Waals surface area (Å²) in [6.07, 6.45) is 1.91. The molecule has 5 heteroatoms. The van der Waals surface area contributed by atoms with Gasteiger partial charge in [-0.2, -0.15) is 0 Å². The molecule has 0 saturated carbocycles. The number of nitrogens with one attached hydrogen (secondary N) is 1. The molecule has 0 spiro atoms. The third-order valence-electron chi connectivity index (χ3n) is 3.05. The first-order valence-corrected chi connectivity index (χ1v) is 6.38. The van der Waals surface area contributed by atoms with Crippen LogP contribution in [0.3, 0.4) is 0 Å². The van der Waals surface area contributed by atoms with Crippen molar-refractivity contribution in [3.05, 3.63) is 17.6 Å². The van der Waals surface area contributed by atoms with Gasteiger partial charge in [-0.25, -0.2) is 9.97 Å². The zero-order valence-corrected chi connectivity index (χ0v) is 11.7. The molecular formula is C13H22N4O. The molecule has 0 unspecified atom stereocenters. The van der Waals surface area contributed by atoms with Gasteiger partial charge >= 0.3 is 0 Å². The minimum Gasteiger partial charge on any atom is -0.372 e. The van der Waals surface area contributed by atoms with Crippen molar-refractivity contribution in [2.24, 2.45) is 0 Å². The van der Waals surface area contributed by atoms with Gasteiger partial charge in [0.15, 0.2) is 0 Å². The number of anilines is 1. The zero-order valence-electron chi connectivity index (χ0n) is 11.7. The van der Waals surface area contributed by atoms with Crippen LogP contribution in [0.15, 0.2) is 6.20 Å². The number of rotatable bonds is 3. The number of aryl methyl sites for hydroxylation is 1. The van der Waals surface area contributed by atoms with Crippen LogP contribution in [0.2, 0.25) is 0 Å². The van der Waals surface area contributed by atoms with E-state index in [4.69, 9.17) is 4.74 Å². The van der Waals surface area contributed by atoms with Crippen molar-refractivity contribution < 1.29 is 4.74 Å². The minimum absolute atomic E-state index is 0.117. The van der Waals surface area contributed by atoms with Crippen molar-refractivity contribution in [1.29, 1.82) is 0 Å². The highest BCUT2D eigenvalue weighted by molar-refractivity contribution is 5.47. The van der Waals surface area contributed by atoms with Gasteiger partial charge in [0, 0.05) is 31.4 Å². The summed E-state index contributed by atoms with van der Waals surface area (Å²) in [5.74, 6) is 1.85. The molecule has 1 saturated heterocycles. The van der Waals surface area contributed by atoms with E-state index in [1.807, 2.05) is 20.2 Å². The summed E-state index contributed by atoms with van der Waals surface area (Å²) in [5.41, 5.74) is 1.02. The Morgan fingerprint density at radius 2 is 2.28 bits per heavy atom. The van der Waals surface area contributed by atoms with Gasteiger partial charge in [0.05, 0.1) is 12.2 Å².